The van der Waals surface area contributed by atoms with Crippen molar-refractivity contribution in [3.8, 4) is 0 Å². The third-order valence-electron chi connectivity index (χ3n) is 2.28. The molecule has 80 valence electrons. The van der Waals surface area contributed by atoms with Gasteiger partial charge in [-0.05, 0) is 31.2 Å². The lowest BCUT2D eigenvalue weighted by atomic mass is 10.1. The van der Waals surface area contributed by atoms with E-state index in [-0.39, 0.29) is 5.78 Å². The summed E-state index contributed by atoms with van der Waals surface area (Å²) in [6.45, 7) is 1.99. The second kappa shape index (κ2) is 4.62. The van der Waals surface area contributed by atoms with Crippen LogP contribution in [0.4, 0.5) is 0 Å². The fourth-order valence-corrected chi connectivity index (χ4v) is 1.36. The number of rotatable bonds is 3. The SMILES string of the molecule is Cc1ccc(C(=O)/C=C\c2ccco2)cc1. The van der Waals surface area contributed by atoms with Gasteiger partial charge in [0.2, 0.25) is 0 Å². The van der Waals surface area contributed by atoms with Crippen LogP contribution < -0.4 is 0 Å². The van der Waals surface area contributed by atoms with Gasteiger partial charge in [0.1, 0.15) is 5.76 Å². The first-order valence-corrected chi connectivity index (χ1v) is 5.08. The standard InChI is InChI=1S/C14H12O2/c1-11-4-6-12(7-5-11)14(15)9-8-13-3-2-10-16-13/h2-10H,1H3/b9-8-. The number of benzene rings is 1. The Labute approximate surface area is 94.2 Å². The molecule has 0 aliphatic heterocycles. The molecule has 0 fully saturated rings. The first-order valence-electron chi connectivity index (χ1n) is 5.08. The van der Waals surface area contributed by atoms with Crippen LogP contribution in [0.25, 0.3) is 6.08 Å². The topological polar surface area (TPSA) is 30.2 Å². The monoisotopic (exact) mass is 212 g/mol. The second-order valence-corrected chi connectivity index (χ2v) is 3.58. The number of carbonyl (C=O) groups is 1. The highest BCUT2D eigenvalue weighted by Gasteiger charge is 2.00. The molecule has 1 aromatic heterocycles. The van der Waals surface area contributed by atoms with Crippen LogP contribution in [0.15, 0.2) is 53.2 Å². The van der Waals surface area contributed by atoms with E-state index < -0.39 is 0 Å². The van der Waals surface area contributed by atoms with E-state index in [0.717, 1.165) is 5.56 Å². The molecule has 0 unspecified atom stereocenters. The van der Waals surface area contributed by atoms with Crippen molar-refractivity contribution >= 4 is 11.9 Å². The predicted octanol–water partition coefficient (Wildman–Crippen LogP) is 3.48. The molecular weight excluding hydrogens is 200 g/mol. The maximum atomic E-state index is 11.7. The lowest BCUT2D eigenvalue weighted by Crippen LogP contribution is -1.93. The summed E-state index contributed by atoms with van der Waals surface area (Å²) in [4.78, 5) is 11.7. The van der Waals surface area contributed by atoms with Gasteiger partial charge in [0.25, 0.3) is 0 Å². The average Bonchev–Trinajstić information content (AvgIpc) is 2.80. The van der Waals surface area contributed by atoms with Gasteiger partial charge in [0.15, 0.2) is 5.78 Å². The Hall–Kier alpha value is -2.09. The molecular formula is C14H12O2. The molecule has 0 radical (unpaired) electrons. The zero-order valence-electron chi connectivity index (χ0n) is 9.01. The molecule has 2 heteroatoms. The van der Waals surface area contributed by atoms with Gasteiger partial charge in [-0.15, -0.1) is 0 Å². The largest absolute Gasteiger partial charge is 0.465 e. The van der Waals surface area contributed by atoms with E-state index in [1.807, 2.05) is 31.2 Å². The molecule has 0 spiro atoms. The number of ketones is 1. The lowest BCUT2D eigenvalue weighted by Gasteiger charge is -1.95. The quantitative estimate of drug-likeness (QED) is 0.576. The molecule has 0 amide bonds. The smallest absolute Gasteiger partial charge is 0.185 e. The van der Waals surface area contributed by atoms with Crippen molar-refractivity contribution in [3.05, 3.63) is 65.6 Å². The first-order chi connectivity index (χ1) is 7.75. The van der Waals surface area contributed by atoms with E-state index in [1.54, 1.807) is 24.5 Å². The molecule has 0 atom stereocenters. The van der Waals surface area contributed by atoms with E-state index in [0.29, 0.717) is 11.3 Å². The van der Waals surface area contributed by atoms with Crippen molar-refractivity contribution in [1.29, 1.82) is 0 Å². The molecule has 0 aliphatic rings. The third kappa shape index (κ3) is 2.48. The molecule has 0 bridgehead atoms. The summed E-state index contributed by atoms with van der Waals surface area (Å²) < 4.78 is 5.10. The fourth-order valence-electron chi connectivity index (χ4n) is 1.36. The highest BCUT2D eigenvalue weighted by Crippen LogP contribution is 2.07. The fraction of sp³-hybridized carbons (Fsp3) is 0.0714. The van der Waals surface area contributed by atoms with E-state index in [2.05, 4.69) is 0 Å². The molecule has 16 heavy (non-hydrogen) atoms. The number of carbonyl (C=O) groups excluding carboxylic acids is 1. The van der Waals surface area contributed by atoms with Gasteiger partial charge in [-0.2, -0.15) is 0 Å². The van der Waals surface area contributed by atoms with Crippen molar-refractivity contribution in [2.45, 2.75) is 6.92 Å². The van der Waals surface area contributed by atoms with Gasteiger partial charge in [0, 0.05) is 5.56 Å². The minimum absolute atomic E-state index is 0.0172. The van der Waals surface area contributed by atoms with Crippen molar-refractivity contribution < 1.29 is 9.21 Å². The number of furan rings is 1. The maximum Gasteiger partial charge on any atom is 0.185 e. The molecule has 2 aromatic rings. The predicted molar refractivity (Wildman–Crippen MR) is 63.3 cm³/mol. The summed E-state index contributed by atoms with van der Waals surface area (Å²) in [6.07, 6.45) is 4.77. The summed E-state index contributed by atoms with van der Waals surface area (Å²) in [5, 5.41) is 0. The number of aryl methyl sites for hydroxylation is 1. The van der Waals surface area contributed by atoms with Gasteiger partial charge >= 0.3 is 0 Å². The Kier molecular flexibility index (Phi) is 3.01. The highest BCUT2D eigenvalue weighted by molar-refractivity contribution is 6.06. The third-order valence-corrected chi connectivity index (χ3v) is 2.28. The van der Waals surface area contributed by atoms with E-state index in [4.69, 9.17) is 4.42 Å². The summed E-state index contributed by atoms with van der Waals surface area (Å²) in [6, 6.07) is 11.1. The Balaban J connectivity index is 2.11. The summed E-state index contributed by atoms with van der Waals surface area (Å²) in [5.41, 5.74) is 1.83. The van der Waals surface area contributed by atoms with Crippen LogP contribution in [0.1, 0.15) is 21.7 Å². The van der Waals surface area contributed by atoms with Gasteiger partial charge in [0.05, 0.1) is 6.26 Å². The van der Waals surface area contributed by atoms with Crippen molar-refractivity contribution in [1.82, 2.24) is 0 Å². The Morgan fingerprint density at radius 3 is 2.56 bits per heavy atom. The zero-order valence-corrected chi connectivity index (χ0v) is 9.01. The molecule has 0 saturated heterocycles. The Morgan fingerprint density at radius 1 is 1.19 bits per heavy atom. The molecule has 1 aromatic carbocycles. The van der Waals surface area contributed by atoms with Crippen molar-refractivity contribution in [3.63, 3.8) is 0 Å². The van der Waals surface area contributed by atoms with E-state index in [1.165, 1.54) is 6.08 Å². The van der Waals surface area contributed by atoms with E-state index >= 15 is 0 Å². The average molecular weight is 212 g/mol. The van der Waals surface area contributed by atoms with Crippen LogP contribution in [0.5, 0.6) is 0 Å². The highest BCUT2D eigenvalue weighted by atomic mass is 16.3. The molecule has 2 nitrogen and oxygen atoms in total. The lowest BCUT2D eigenvalue weighted by molar-refractivity contribution is 0.104. The molecule has 0 saturated carbocycles. The zero-order chi connectivity index (χ0) is 11.4. The van der Waals surface area contributed by atoms with Crippen LogP contribution in [0.2, 0.25) is 0 Å². The van der Waals surface area contributed by atoms with Gasteiger partial charge < -0.3 is 4.42 Å². The Morgan fingerprint density at radius 2 is 1.94 bits per heavy atom. The summed E-state index contributed by atoms with van der Waals surface area (Å²) in [7, 11) is 0. The number of hydrogen-bond acceptors (Lipinski definition) is 2. The van der Waals surface area contributed by atoms with Gasteiger partial charge in [-0.1, -0.05) is 29.8 Å². The molecule has 0 N–H and O–H groups in total. The van der Waals surface area contributed by atoms with Crippen LogP contribution in [-0.2, 0) is 0 Å². The van der Waals surface area contributed by atoms with Crippen LogP contribution >= 0.6 is 0 Å². The van der Waals surface area contributed by atoms with E-state index in [9.17, 15) is 4.79 Å². The van der Waals surface area contributed by atoms with Gasteiger partial charge in [-0.25, -0.2) is 0 Å². The number of hydrogen-bond donors (Lipinski definition) is 0. The van der Waals surface area contributed by atoms with Gasteiger partial charge in [-0.3, -0.25) is 4.79 Å². The first kappa shape index (κ1) is 10.4. The summed E-state index contributed by atoms with van der Waals surface area (Å²) >= 11 is 0. The minimum atomic E-state index is -0.0172. The Bertz CT molecular complexity index is 490. The van der Waals surface area contributed by atoms with Crippen LogP contribution in [0.3, 0.4) is 0 Å². The maximum absolute atomic E-state index is 11.7. The number of allylic oxidation sites excluding steroid dienone is 1. The summed E-state index contributed by atoms with van der Waals surface area (Å²) in [5.74, 6) is 0.664. The van der Waals surface area contributed by atoms with Crippen molar-refractivity contribution in [2.75, 3.05) is 0 Å². The van der Waals surface area contributed by atoms with Crippen molar-refractivity contribution in [2.24, 2.45) is 0 Å². The molecule has 1 heterocycles. The minimum Gasteiger partial charge on any atom is -0.465 e. The molecule has 0 aliphatic carbocycles. The molecule has 2 rings (SSSR count). The van der Waals surface area contributed by atoms with Crippen LogP contribution in [0, 0.1) is 6.92 Å². The van der Waals surface area contributed by atoms with Crippen LogP contribution in [-0.4, -0.2) is 5.78 Å². The second-order valence-electron chi connectivity index (χ2n) is 3.58. The normalized spacial score (nSPS) is 10.8.